The molecule has 0 saturated carbocycles. The second-order valence-corrected chi connectivity index (χ2v) is 5.34. The van der Waals surface area contributed by atoms with E-state index in [1.165, 1.54) is 17.8 Å². The Hall–Kier alpha value is -2.47. The number of nitrogens with zero attached hydrogens (tertiary/aromatic N) is 3. The lowest BCUT2D eigenvalue weighted by atomic mass is 10.3. The number of aromatic carboxylic acids is 1. The van der Waals surface area contributed by atoms with E-state index in [1.54, 1.807) is 12.3 Å². The molecule has 2 heterocycles. The van der Waals surface area contributed by atoms with Crippen molar-refractivity contribution in [1.29, 1.82) is 0 Å². The molecule has 2 aromatic heterocycles. The van der Waals surface area contributed by atoms with Crippen LogP contribution in [0.4, 0.5) is 0 Å². The third-order valence-electron chi connectivity index (χ3n) is 2.90. The maximum absolute atomic E-state index is 11.2. The standard InChI is InChI=1S/C15H11N3O2S/c1-9-13(18-12-7-3-2-6-11(12)17-9)21-14-10(15(19)20)5-4-8-16-14/h2-8H,1H3,(H,19,20). The summed E-state index contributed by atoms with van der Waals surface area (Å²) in [6.45, 7) is 1.85. The third kappa shape index (κ3) is 2.71. The molecular formula is C15H11N3O2S. The van der Waals surface area contributed by atoms with E-state index in [0.29, 0.717) is 10.1 Å². The van der Waals surface area contributed by atoms with E-state index >= 15 is 0 Å². The number of carboxylic acids is 1. The lowest BCUT2D eigenvalue weighted by Gasteiger charge is -2.07. The van der Waals surface area contributed by atoms with Crippen LogP contribution >= 0.6 is 11.8 Å². The molecule has 3 rings (SSSR count). The Kier molecular flexibility index (Phi) is 3.53. The van der Waals surface area contributed by atoms with E-state index < -0.39 is 5.97 Å². The fraction of sp³-hybridized carbons (Fsp3) is 0.0667. The van der Waals surface area contributed by atoms with Crippen molar-refractivity contribution in [3.05, 3.63) is 53.9 Å². The van der Waals surface area contributed by atoms with Gasteiger partial charge in [0.1, 0.15) is 10.1 Å². The van der Waals surface area contributed by atoms with Crippen LogP contribution in [0.2, 0.25) is 0 Å². The molecule has 0 amide bonds. The summed E-state index contributed by atoms with van der Waals surface area (Å²) < 4.78 is 0. The fourth-order valence-corrected chi connectivity index (χ4v) is 2.79. The van der Waals surface area contributed by atoms with Gasteiger partial charge in [-0.15, -0.1) is 0 Å². The van der Waals surface area contributed by atoms with Crippen molar-refractivity contribution < 1.29 is 9.90 Å². The number of aromatic nitrogens is 3. The summed E-state index contributed by atoms with van der Waals surface area (Å²) >= 11 is 1.22. The van der Waals surface area contributed by atoms with Crippen LogP contribution in [-0.2, 0) is 0 Å². The predicted octanol–water partition coefficient (Wildman–Crippen LogP) is 3.18. The molecule has 1 aromatic carbocycles. The number of pyridine rings is 1. The molecule has 1 N–H and O–H groups in total. The van der Waals surface area contributed by atoms with Crippen molar-refractivity contribution in [2.45, 2.75) is 17.0 Å². The molecule has 0 unspecified atom stereocenters. The number of fused-ring (bicyclic) bond motifs is 1. The Bertz CT molecular complexity index is 836. The first-order chi connectivity index (χ1) is 10.1. The fourth-order valence-electron chi connectivity index (χ4n) is 1.90. The Labute approximate surface area is 125 Å². The van der Waals surface area contributed by atoms with E-state index in [4.69, 9.17) is 0 Å². The van der Waals surface area contributed by atoms with Gasteiger partial charge in [-0.25, -0.2) is 19.7 Å². The summed E-state index contributed by atoms with van der Waals surface area (Å²) in [6.07, 6.45) is 1.57. The summed E-state index contributed by atoms with van der Waals surface area (Å²) in [4.78, 5) is 24.4. The first kappa shape index (κ1) is 13.5. The number of hydrogen-bond donors (Lipinski definition) is 1. The van der Waals surface area contributed by atoms with Crippen LogP contribution in [0.1, 0.15) is 16.1 Å². The highest BCUT2D eigenvalue weighted by Crippen LogP contribution is 2.30. The van der Waals surface area contributed by atoms with Crippen LogP contribution in [0.5, 0.6) is 0 Å². The molecule has 104 valence electrons. The van der Waals surface area contributed by atoms with Crippen molar-refractivity contribution >= 4 is 28.8 Å². The van der Waals surface area contributed by atoms with Crippen molar-refractivity contribution in [1.82, 2.24) is 15.0 Å². The van der Waals surface area contributed by atoms with Crippen molar-refractivity contribution in [3.8, 4) is 0 Å². The predicted molar refractivity (Wildman–Crippen MR) is 79.6 cm³/mol. The van der Waals surface area contributed by atoms with Gasteiger partial charge in [-0.3, -0.25) is 0 Å². The maximum atomic E-state index is 11.2. The molecular weight excluding hydrogens is 286 g/mol. The van der Waals surface area contributed by atoms with E-state index in [-0.39, 0.29) is 5.56 Å². The minimum atomic E-state index is -1.00. The quantitative estimate of drug-likeness (QED) is 0.800. The van der Waals surface area contributed by atoms with Crippen molar-refractivity contribution in [3.63, 3.8) is 0 Å². The average molecular weight is 297 g/mol. The number of benzene rings is 1. The number of aryl methyl sites for hydroxylation is 1. The summed E-state index contributed by atoms with van der Waals surface area (Å²) in [7, 11) is 0. The van der Waals surface area contributed by atoms with Gasteiger partial charge in [-0.05, 0) is 43.0 Å². The average Bonchev–Trinajstić information content (AvgIpc) is 2.48. The minimum absolute atomic E-state index is 0.164. The highest BCUT2D eigenvalue weighted by Gasteiger charge is 2.14. The molecule has 5 nitrogen and oxygen atoms in total. The molecule has 0 fully saturated rings. The molecule has 0 aliphatic carbocycles. The first-order valence-electron chi connectivity index (χ1n) is 6.24. The Morgan fingerprint density at radius 1 is 1.05 bits per heavy atom. The van der Waals surface area contributed by atoms with E-state index in [2.05, 4.69) is 15.0 Å². The number of para-hydroxylation sites is 2. The monoisotopic (exact) mass is 297 g/mol. The molecule has 0 aliphatic rings. The molecule has 0 radical (unpaired) electrons. The van der Waals surface area contributed by atoms with Crippen LogP contribution in [0.25, 0.3) is 11.0 Å². The van der Waals surface area contributed by atoms with E-state index in [0.717, 1.165) is 16.7 Å². The number of hydrogen-bond acceptors (Lipinski definition) is 5. The summed E-state index contributed by atoms with van der Waals surface area (Å²) in [5.74, 6) is -1.00. The van der Waals surface area contributed by atoms with Gasteiger partial charge in [0, 0.05) is 6.20 Å². The van der Waals surface area contributed by atoms with Gasteiger partial charge in [0.15, 0.2) is 0 Å². The minimum Gasteiger partial charge on any atom is -0.478 e. The number of carbonyl (C=O) groups is 1. The second-order valence-electron chi connectivity index (χ2n) is 4.37. The molecule has 0 spiro atoms. The molecule has 0 aliphatic heterocycles. The van der Waals surface area contributed by atoms with Gasteiger partial charge in [0.2, 0.25) is 0 Å². The zero-order valence-corrected chi connectivity index (χ0v) is 12.0. The molecule has 3 aromatic rings. The maximum Gasteiger partial charge on any atom is 0.338 e. The summed E-state index contributed by atoms with van der Waals surface area (Å²) in [6, 6.07) is 10.7. The van der Waals surface area contributed by atoms with Crippen LogP contribution in [0.15, 0.2) is 52.6 Å². The zero-order chi connectivity index (χ0) is 14.8. The van der Waals surface area contributed by atoms with Crippen LogP contribution in [-0.4, -0.2) is 26.0 Å². The van der Waals surface area contributed by atoms with Crippen LogP contribution in [0, 0.1) is 6.92 Å². The van der Waals surface area contributed by atoms with Gasteiger partial charge in [0.25, 0.3) is 0 Å². The lowest BCUT2D eigenvalue weighted by Crippen LogP contribution is -2.01. The highest BCUT2D eigenvalue weighted by atomic mass is 32.2. The van der Waals surface area contributed by atoms with E-state index in [9.17, 15) is 9.90 Å². The number of carboxylic acid groups (broad SMARTS) is 1. The molecule has 6 heteroatoms. The topological polar surface area (TPSA) is 76.0 Å². The van der Waals surface area contributed by atoms with Crippen molar-refractivity contribution in [2.24, 2.45) is 0 Å². The van der Waals surface area contributed by atoms with E-state index in [1.807, 2.05) is 31.2 Å². The van der Waals surface area contributed by atoms with Gasteiger partial charge in [-0.2, -0.15) is 0 Å². The summed E-state index contributed by atoms with van der Waals surface area (Å²) in [5, 5.41) is 10.3. The normalized spacial score (nSPS) is 10.7. The molecule has 0 atom stereocenters. The highest BCUT2D eigenvalue weighted by molar-refractivity contribution is 7.99. The largest absolute Gasteiger partial charge is 0.478 e. The lowest BCUT2D eigenvalue weighted by molar-refractivity contribution is 0.0692. The third-order valence-corrected chi connectivity index (χ3v) is 4.00. The molecule has 0 saturated heterocycles. The Morgan fingerprint density at radius 3 is 2.48 bits per heavy atom. The first-order valence-corrected chi connectivity index (χ1v) is 7.06. The Morgan fingerprint density at radius 2 is 1.76 bits per heavy atom. The smallest absolute Gasteiger partial charge is 0.338 e. The van der Waals surface area contributed by atoms with Crippen molar-refractivity contribution in [2.75, 3.05) is 0 Å². The second kappa shape index (κ2) is 5.49. The van der Waals surface area contributed by atoms with Gasteiger partial charge in [0.05, 0.1) is 22.3 Å². The van der Waals surface area contributed by atoms with Gasteiger partial charge < -0.3 is 5.11 Å². The Balaban J connectivity index is 2.06. The molecule has 0 bridgehead atoms. The molecule has 21 heavy (non-hydrogen) atoms. The van der Waals surface area contributed by atoms with Crippen LogP contribution < -0.4 is 0 Å². The zero-order valence-electron chi connectivity index (χ0n) is 11.1. The van der Waals surface area contributed by atoms with Gasteiger partial charge >= 0.3 is 5.97 Å². The SMILES string of the molecule is Cc1nc2ccccc2nc1Sc1ncccc1C(=O)O. The summed E-state index contributed by atoms with van der Waals surface area (Å²) in [5.41, 5.74) is 2.51. The van der Waals surface area contributed by atoms with Gasteiger partial charge in [-0.1, -0.05) is 12.1 Å². The van der Waals surface area contributed by atoms with Crippen LogP contribution in [0.3, 0.4) is 0 Å². The number of rotatable bonds is 3.